The van der Waals surface area contributed by atoms with Gasteiger partial charge in [-0.2, -0.15) is 0 Å². The number of amides is 1. The van der Waals surface area contributed by atoms with E-state index in [0.29, 0.717) is 35.1 Å². The highest BCUT2D eigenvalue weighted by molar-refractivity contribution is 6.22. The number of fused-ring (bicyclic) bond motifs is 6. The van der Waals surface area contributed by atoms with Gasteiger partial charge in [0, 0.05) is 41.2 Å². The summed E-state index contributed by atoms with van der Waals surface area (Å²) in [4.78, 5) is 20.2. The molecule has 1 amide bonds. The number of rotatable bonds is 6. The van der Waals surface area contributed by atoms with Crippen LogP contribution in [0.4, 0.5) is 0 Å². The van der Waals surface area contributed by atoms with Gasteiger partial charge in [-0.25, -0.2) is 0 Å². The van der Waals surface area contributed by atoms with Crippen LogP contribution in [-0.2, 0) is 0 Å². The van der Waals surface area contributed by atoms with Crippen LogP contribution in [-0.4, -0.2) is 63.5 Å². The maximum Gasteiger partial charge on any atom is 0.251 e. The zero-order valence-corrected chi connectivity index (χ0v) is 19.9. The molecule has 0 saturated heterocycles. The largest absolute Gasteiger partial charge is 0.493 e. The van der Waals surface area contributed by atoms with Crippen LogP contribution in [0.25, 0.3) is 32.4 Å². The first kappa shape index (κ1) is 22.0. The Morgan fingerprint density at radius 1 is 0.971 bits per heavy atom. The number of methoxy groups -OCH3 is 2. The van der Waals surface area contributed by atoms with Crippen molar-refractivity contribution in [3.05, 3.63) is 42.1 Å². The van der Waals surface area contributed by atoms with Crippen LogP contribution in [0.15, 0.2) is 36.5 Å². The zero-order valence-electron chi connectivity index (χ0n) is 19.9. The molecule has 1 aliphatic heterocycles. The molecule has 0 bridgehead atoms. The van der Waals surface area contributed by atoms with E-state index in [9.17, 15) is 4.79 Å². The van der Waals surface area contributed by atoms with Crippen molar-refractivity contribution in [3.63, 3.8) is 0 Å². The number of hydrogen-bond acceptors (Lipinski definition) is 7. The van der Waals surface area contributed by atoms with Gasteiger partial charge in [0.05, 0.1) is 19.7 Å². The number of carbonyl (C=O) groups excluding carboxylic acids is 1. The molecule has 4 aromatic rings. The van der Waals surface area contributed by atoms with E-state index in [4.69, 9.17) is 18.9 Å². The highest BCUT2D eigenvalue weighted by Crippen LogP contribution is 2.42. The van der Waals surface area contributed by atoms with Gasteiger partial charge in [0.15, 0.2) is 23.0 Å². The number of benzene rings is 3. The SMILES string of the molecule is COc1cc2c(C(=O)NCC(C)N(C)C)cc3c4cc5c(cc4ncc3c2cc1OC)OCO5. The van der Waals surface area contributed by atoms with Crippen molar-refractivity contribution < 1.29 is 23.7 Å². The molecule has 1 aromatic heterocycles. The molecule has 0 spiro atoms. The average Bonchev–Trinajstić information content (AvgIpc) is 3.31. The summed E-state index contributed by atoms with van der Waals surface area (Å²) in [5.74, 6) is 2.32. The summed E-state index contributed by atoms with van der Waals surface area (Å²) >= 11 is 0. The molecule has 8 nitrogen and oxygen atoms in total. The molecule has 8 heteroatoms. The lowest BCUT2D eigenvalue weighted by Gasteiger charge is -2.20. The maximum atomic E-state index is 13.4. The Bertz CT molecular complexity index is 1430. The lowest BCUT2D eigenvalue weighted by molar-refractivity contribution is 0.0945. The predicted octanol–water partition coefficient (Wildman–Crippen LogP) is 3.97. The molecular weight excluding hydrogens is 434 g/mol. The molecule has 1 unspecified atom stereocenters. The topological polar surface area (TPSA) is 82.2 Å². The number of nitrogens with one attached hydrogen (secondary N) is 1. The lowest BCUT2D eigenvalue weighted by Crippen LogP contribution is -2.38. The second-order valence-electron chi connectivity index (χ2n) is 8.64. The highest BCUT2D eigenvalue weighted by Gasteiger charge is 2.21. The molecule has 3 aromatic carbocycles. The molecule has 1 aliphatic rings. The Morgan fingerprint density at radius 3 is 2.29 bits per heavy atom. The number of hydrogen-bond donors (Lipinski definition) is 1. The monoisotopic (exact) mass is 461 g/mol. The van der Waals surface area contributed by atoms with Crippen molar-refractivity contribution in [2.45, 2.75) is 13.0 Å². The second-order valence-corrected chi connectivity index (χ2v) is 8.64. The Morgan fingerprint density at radius 2 is 1.62 bits per heavy atom. The van der Waals surface area contributed by atoms with Crippen molar-refractivity contribution in [1.82, 2.24) is 15.2 Å². The third-order valence-electron chi connectivity index (χ3n) is 6.48. The minimum absolute atomic E-state index is 0.154. The fraction of sp³-hybridized carbons (Fsp3) is 0.308. The van der Waals surface area contributed by atoms with Crippen LogP contribution in [0.2, 0.25) is 0 Å². The fourth-order valence-corrected chi connectivity index (χ4v) is 4.23. The van der Waals surface area contributed by atoms with Crippen molar-refractivity contribution in [1.29, 1.82) is 0 Å². The van der Waals surface area contributed by atoms with Gasteiger partial charge in [-0.05, 0) is 61.4 Å². The summed E-state index contributed by atoms with van der Waals surface area (Å²) in [6.45, 7) is 2.77. The number of aromatic nitrogens is 1. The number of ether oxygens (including phenoxy) is 4. The smallest absolute Gasteiger partial charge is 0.251 e. The summed E-state index contributed by atoms with van der Waals surface area (Å²) in [6.07, 6.45) is 1.82. The van der Waals surface area contributed by atoms with E-state index >= 15 is 0 Å². The van der Waals surface area contributed by atoms with Gasteiger partial charge in [0.25, 0.3) is 5.91 Å². The average molecular weight is 462 g/mol. The number of carbonyl (C=O) groups is 1. The standard InChI is InChI=1S/C26H27N3O5/c1-14(29(2)3)11-28-26(30)19-6-15-18-9-24-25(34-13-33-24)10-21(18)27-12-20(15)17-8-23(32-5)22(31-4)7-16(17)19/h6-10,12,14H,11,13H2,1-5H3,(H,28,30). The minimum atomic E-state index is -0.154. The van der Waals surface area contributed by atoms with Crippen molar-refractivity contribution in [2.24, 2.45) is 0 Å². The first-order chi connectivity index (χ1) is 16.4. The quantitative estimate of drug-likeness (QED) is 0.435. The number of pyridine rings is 1. The van der Waals surface area contributed by atoms with Crippen LogP contribution >= 0.6 is 0 Å². The normalized spacial score (nSPS) is 13.6. The van der Waals surface area contributed by atoms with Gasteiger partial charge >= 0.3 is 0 Å². The number of nitrogens with zero attached hydrogens (tertiary/aromatic N) is 2. The molecule has 1 atom stereocenters. The van der Waals surface area contributed by atoms with Gasteiger partial charge in [-0.15, -0.1) is 0 Å². The molecule has 0 aliphatic carbocycles. The van der Waals surface area contributed by atoms with Crippen molar-refractivity contribution >= 4 is 38.4 Å². The van der Waals surface area contributed by atoms with Gasteiger partial charge < -0.3 is 29.2 Å². The molecule has 0 fully saturated rings. The van der Waals surface area contributed by atoms with Crippen LogP contribution in [0.1, 0.15) is 17.3 Å². The minimum Gasteiger partial charge on any atom is -0.493 e. The summed E-state index contributed by atoms with van der Waals surface area (Å²) in [5, 5.41) is 7.38. The van der Waals surface area contributed by atoms with E-state index in [1.807, 2.05) is 50.6 Å². The maximum absolute atomic E-state index is 13.4. The van der Waals surface area contributed by atoms with Crippen LogP contribution in [0, 0.1) is 0 Å². The van der Waals surface area contributed by atoms with Gasteiger partial charge in [0.1, 0.15) is 0 Å². The molecular formula is C26H27N3O5. The Kier molecular flexibility index (Phi) is 5.53. The second kappa shape index (κ2) is 8.53. The first-order valence-electron chi connectivity index (χ1n) is 11.1. The summed E-state index contributed by atoms with van der Waals surface area (Å²) in [6, 6.07) is 9.66. The predicted molar refractivity (Wildman–Crippen MR) is 131 cm³/mol. The van der Waals surface area contributed by atoms with Crippen molar-refractivity contribution in [3.8, 4) is 23.0 Å². The Hall–Kier alpha value is -3.78. The van der Waals surface area contributed by atoms with Crippen LogP contribution < -0.4 is 24.3 Å². The molecule has 176 valence electrons. The van der Waals surface area contributed by atoms with Gasteiger partial charge in [-0.1, -0.05) is 0 Å². The van der Waals surface area contributed by atoms with E-state index in [1.54, 1.807) is 14.2 Å². The molecule has 2 heterocycles. The Labute approximate surface area is 197 Å². The molecule has 34 heavy (non-hydrogen) atoms. The van der Waals surface area contributed by atoms with E-state index in [0.717, 1.165) is 32.4 Å². The van der Waals surface area contributed by atoms with E-state index in [2.05, 4.69) is 22.1 Å². The van der Waals surface area contributed by atoms with Crippen LogP contribution in [0.3, 0.4) is 0 Å². The summed E-state index contributed by atoms with van der Waals surface area (Å²) in [5.41, 5.74) is 1.32. The Balaban J connectivity index is 1.78. The van der Waals surface area contributed by atoms with Gasteiger partial charge in [0.2, 0.25) is 6.79 Å². The number of likely N-dealkylation sites (N-methyl/N-ethyl adjacent to an activating group) is 1. The third-order valence-corrected chi connectivity index (χ3v) is 6.48. The fourth-order valence-electron chi connectivity index (χ4n) is 4.23. The molecule has 5 rings (SSSR count). The molecule has 0 saturated carbocycles. The van der Waals surface area contributed by atoms with E-state index in [1.165, 1.54) is 0 Å². The van der Waals surface area contributed by atoms with E-state index < -0.39 is 0 Å². The summed E-state index contributed by atoms with van der Waals surface area (Å²) < 4.78 is 22.2. The lowest BCUT2D eigenvalue weighted by atomic mass is 9.95. The van der Waals surface area contributed by atoms with E-state index in [-0.39, 0.29) is 18.7 Å². The van der Waals surface area contributed by atoms with Gasteiger partial charge in [-0.3, -0.25) is 9.78 Å². The zero-order chi connectivity index (χ0) is 24.0. The highest BCUT2D eigenvalue weighted by atomic mass is 16.7. The van der Waals surface area contributed by atoms with Crippen molar-refractivity contribution in [2.75, 3.05) is 41.7 Å². The third kappa shape index (κ3) is 3.60. The van der Waals surface area contributed by atoms with Crippen LogP contribution in [0.5, 0.6) is 23.0 Å². The first-order valence-corrected chi connectivity index (χ1v) is 11.1. The molecule has 1 N–H and O–H groups in total. The summed E-state index contributed by atoms with van der Waals surface area (Å²) in [7, 11) is 7.16. The molecule has 0 radical (unpaired) electrons.